The Morgan fingerprint density at radius 3 is 2.07 bits per heavy atom. The summed E-state index contributed by atoms with van der Waals surface area (Å²) in [7, 11) is -4.26. The molecule has 8 heteroatoms. The summed E-state index contributed by atoms with van der Waals surface area (Å²) in [6, 6.07) is 7.29. The molecule has 0 spiro atoms. The SMILES string of the molecule is CCCCCCCCc1ccccc1OOS(=O)(=O)C(C)(OCC)OCC.[NaH]. The zero-order valence-electron chi connectivity index (χ0n) is 17.0. The molecule has 6 nitrogen and oxygen atoms in total. The van der Waals surface area contributed by atoms with E-state index in [1.807, 2.05) is 12.1 Å². The van der Waals surface area contributed by atoms with E-state index in [0.717, 1.165) is 24.8 Å². The van der Waals surface area contributed by atoms with Crippen molar-refractivity contribution < 1.29 is 27.1 Å². The normalized spacial score (nSPS) is 11.9. The first kappa shape index (κ1) is 27.8. The third-order valence-electron chi connectivity index (χ3n) is 4.25. The van der Waals surface area contributed by atoms with E-state index >= 15 is 0 Å². The number of unbranched alkanes of at least 4 members (excludes halogenated alkanes) is 5. The van der Waals surface area contributed by atoms with E-state index < -0.39 is 15.2 Å². The van der Waals surface area contributed by atoms with Crippen LogP contribution in [0.25, 0.3) is 0 Å². The molecule has 1 rings (SSSR count). The molecule has 0 heterocycles. The molecule has 0 radical (unpaired) electrons. The van der Waals surface area contributed by atoms with Crippen LogP contribution in [-0.2, 0) is 30.3 Å². The number of hydrogen-bond donors (Lipinski definition) is 0. The van der Waals surface area contributed by atoms with E-state index in [4.69, 9.17) is 18.7 Å². The number of para-hydroxylation sites is 1. The van der Waals surface area contributed by atoms with Crippen LogP contribution in [0.5, 0.6) is 5.75 Å². The first-order chi connectivity index (χ1) is 12.9. The molecule has 0 aliphatic heterocycles. The molecule has 0 fully saturated rings. The van der Waals surface area contributed by atoms with Crippen LogP contribution in [0, 0.1) is 0 Å². The van der Waals surface area contributed by atoms with Crippen molar-refractivity contribution in [3.63, 3.8) is 0 Å². The van der Waals surface area contributed by atoms with Crippen LogP contribution >= 0.6 is 0 Å². The Morgan fingerprint density at radius 2 is 1.46 bits per heavy atom. The molecule has 1 aromatic carbocycles. The summed E-state index contributed by atoms with van der Waals surface area (Å²) >= 11 is 0. The standard InChI is InChI=1S/C20H34O6S.Na.H/c1-5-8-9-10-11-12-15-18-16-13-14-17-19(18)25-26-27(21,22)20(4,23-6-2)24-7-3;;/h13-14,16-17H,5-12,15H2,1-4H3;;. The second-order valence-electron chi connectivity index (χ2n) is 6.46. The molecule has 0 saturated carbocycles. The molecule has 0 N–H and O–H groups in total. The van der Waals surface area contributed by atoms with Gasteiger partial charge in [0.25, 0.3) is 5.12 Å². The van der Waals surface area contributed by atoms with Gasteiger partial charge >= 0.3 is 39.7 Å². The predicted molar refractivity (Wildman–Crippen MR) is 113 cm³/mol. The number of hydrogen-bond acceptors (Lipinski definition) is 6. The van der Waals surface area contributed by atoms with Crippen molar-refractivity contribution in [1.29, 1.82) is 0 Å². The van der Waals surface area contributed by atoms with Crippen molar-refractivity contribution in [3.8, 4) is 5.75 Å². The average molecular weight is 427 g/mol. The Bertz CT molecular complexity index is 629. The summed E-state index contributed by atoms with van der Waals surface area (Å²) in [5.74, 6) is 0.394. The van der Waals surface area contributed by atoms with E-state index in [9.17, 15) is 8.42 Å². The van der Waals surface area contributed by atoms with Crippen molar-refractivity contribution in [1.82, 2.24) is 0 Å². The maximum atomic E-state index is 12.5. The second kappa shape index (κ2) is 14.8. The third-order valence-corrected chi connectivity index (χ3v) is 5.64. The van der Waals surface area contributed by atoms with Crippen LogP contribution in [0.4, 0.5) is 0 Å². The van der Waals surface area contributed by atoms with Crippen LogP contribution < -0.4 is 4.89 Å². The first-order valence-corrected chi connectivity index (χ1v) is 11.3. The summed E-state index contributed by atoms with van der Waals surface area (Å²) in [6.45, 7) is 7.19. The summed E-state index contributed by atoms with van der Waals surface area (Å²) in [4.78, 5) is 5.19. The fourth-order valence-corrected chi connectivity index (χ4v) is 3.55. The fraction of sp³-hybridized carbons (Fsp3) is 0.700. The monoisotopic (exact) mass is 426 g/mol. The van der Waals surface area contributed by atoms with Gasteiger partial charge < -0.3 is 14.4 Å². The Labute approximate surface area is 192 Å². The minimum atomic E-state index is -4.26. The second-order valence-corrected chi connectivity index (χ2v) is 8.25. The van der Waals surface area contributed by atoms with Crippen molar-refractivity contribution in [2.24, 2.45) is 0 Å². The molecule has 28 heavy (non-hydrogen) atoms. The van der Waals surface area contributed by atoms with E-state index in [2.05, 4.69) is 6.92 Å². The number of rotatable bonds is 15. The molecule has 1 aromatic rings. The van der Waals surface area contributed by atoms with Gasteiger partial charge in [-0.2, -0.15) is 8.42 Å². The Balaban J connectivity index is 0.00000729. The van der Waals surface area contributed by atoms with Crippen molar-refractivity contribution in [2.75, 3.05) is 13.2 Å². The van der Waals surface area contributed by atoms with Gasteiger partial charge in [0.2, 0.25) is 0 Å². The molecule has 0 atom stereocenters. The first-order valence-electron chi connectivity index (χ1n) is 9.86. The average Bonchev–Trinajstić information content (AvgIpc) is 2.64. The van der Waals surface area contributed by atoms with Crippen molar-refractivity contribution in [3.05, 3.63) is 29.8 Å². The molecule has 0 bridgehead atoms. The van der Waals surface area contributed by atoms with Gasteiger partial charge in [-0.1, -0.05) is 61.6 Å². The Kier molecular flexibility index (Phi) is 14.7. The van der Waals surface area contributed by atoms with Gasteiger partial charge in [-0.25, -0.2) is 0 Å². The number of ether oxygens (including phenoxy) is 2. The number of aryl methyl sites for hydroxylation is 1. The van der Waals surface area contributed by atoms with E-state index in [0.29, 0.717) is 5.75 Å². The van der Waals surface area contributed by atoms with Gasteiger partial charge in [0.05, 0.1) is 0 Å². The molecule has 0 saturated heterocycles. The van der Waals surface area contributed by atoms with E-state index in [1.165, 1.54) is 32.6 Å². The maximum absolute atomic E-state index is 12.5. The van der Waals surface area contributed by atoms with Crippen LogP contribution in [0.15, 0.2) is 24.3 Å². The van der Waals surface area contributed by atoms with E-state index in [1.54, 1.807) is 26.0 Å². The van der Waals surface area contributed by atoms with Crippen molar-refractivity contribution in [2.45, 2.75) is 77.8 Å². The quantitative estimate of drug-likeness (QED) is 0.137. The molecule has 158 valence electrons. The van der Waals surface area contributed by atoms with E-state index in [-0.39, 0.29) is 42.8 Å². The predicted octanol–water partition coefficient (Wildman–Crippen LogP) is 4.33. The molecule has 0 aliphatic rings. The zero-order valence-corrected chi connectivity index (χ0v) is 17.8. The molecule has 0 aromatic heterocycles. The summed E-state index contributed by atoms with van der Waals surface area (Å²) < 4.78 is 40.3. The Morgan fingerprint density at radius 1 is 0.893 bits per heavy atom. The van der Waals surface area contributed by atoms with Crippen molar-refractivity contribution >= 4 is 39.7 Å². The number of benzene rings is 1. The molecular weight excluding hydrogens is 391 g/mol. The van der Waals surface area contributed by atoms with Crippen LogP contribution in [0.1, 0.15) is 71.8 Å². The molecule has 0 amide bonds. The molecule has 0 aliphatic carbocycles. The van der Waals surface area contributed by atoms with Gasteiger partial charge in [-0.15, -0.1) is 0 Å². The van der Waals surface area contributed by atoms with Gasteiger partial charge in [0.15, 0.2) is 5.75 Å². The van der Waals surface area contributed by atoms with Gasteiger partial charge in [0.1, 0.15) is 0 Å². The molecular formula is C20H35NaO6S. The van der Waals surface area contributed by atoms with Gasteiger partial charge in [0, 0.05) is 20.1 Å². The van der Waals surface area contributed by atoms with Crippen LogP contribution in [-0.4, -0.2) is 56.3 Å². The third kappa shape index (κ3) is 9.11. The fourth-order valence-electron chi connectivity index (χ4n) is 2.74. The Hall–Kier alpha value is -0.150. The summed E-state index contributed by atoms with van der Waals surface area (Å²) in [5.41, 5.74) is 0.915. The van der Waals surface area contributed by atoms with Crippen LogP contribution in [0.3, 0.4) is 0 Å². The van der Waals surface area contributed by atoms with Crippen LogP contribution in [0.2, 0.25) is 0 Å². The topological polar surface area (TPSA) is 71.1 Å². The summed E-state index contributed by atoms with van der Waals surface area (Å²) in [5, 5.41) is -1.91. The van der Waals surface area contributed by atoms with Gasteiger partial charge in [-0.05, 0) is 38.3 Å². The molecule has 0 unspecified atom stereocenters. The summed E-state index contributed by atoms with van der Waals surface area (Å²) in [6.07, 6.45) is 7.92. The zero-order chi connectivity index (χ0) is 20.2. The van der Waals surface area contributed by atoms with Gasteiger partial charge in [-0.3, -0.25) is 0 Å². The minimum absolute atomic E-state index is 0.